The molecule has 7 heteroatoms. The highest BCUT2D eigenvalue weighted by atomic mass is 19.1. The van der Waals surface area contributed by atoms with Gasteiger partial charge in [-0.15, -0.1) is 0 Å². The largest absolute Gasteiger partial charge is 0.351 e. The van der Waals surface area contributed by atoms with E-state index in [2.05, 4.69) is 34.1 Å². The van der Waals surface area contributed by atoms with E-state index in [-0.39, 0.29) is 17.1 Å². The molecule has 0 spiro atoms. The second-order valence-electron chi connectivity index (χ2n) is 8.14. The zero-order valence-electron chi connectivity index (χ0n) is 17.0. The van der Waals surface area contributed by atoms with Gasteiger partial charge in [-0.1, -0.05) is 26.0 Å². The van der Waals surface area contributed by atoms with Crippen LogP contribution in [-0.4, -0.2) is 52.6 Å². The van der Waals surface area contributed by atoms with E-state index in [0.717, 1.165) is 17.7 Å². The van der Waals surface area contributed by atoms with Gasteiger partial charge in [0.25, 0.3) is 5.91 Å². The van der Waals surface area contributed by atoms with E-state index in [9.17, 15) is 9.18 Å². The first-order valence-corrected chi connectivity index (χ1v) is 9.20. The number of nitrogens with zero attached hydrogens (tertiary/aromatic N) is 4. The molecular weight excluding hydrogens is 357 g/mol. The van der Waals surface area contributed by atoms with Crippen molar-refractivity contribution >= 4 is 11.6 Å². The van der Waals surface area contributed by atoms with E-state index in [4.69, 9.17) is 0 Å². The Balaban J connectivity index is 1.85. The fraction of sp³-hybridized carbons (Fsp3) is 0.381. The molecule has 2 aromatic heterocycles. The van der Waals surface area contributed by atoms with Crippen LogP contribution in [-0.2, 0) is 0 Å². The molecule has 3 rings (SSSR count). The van der Waals surface area contributed by atoms with Gasteiger partial charge in [-0.2, -0.15) is 5.10 Å². The van der Waals surface area contributed by atoms with Gasteiger partial charge in [0.2, 0.25) is 0 Å². The predicted molar refractivity (Wildman–Crippen MR) is 108 cm³/mol. The van der Waals surface area contributed by atoms with Crippen molar-refractivity contribution < 1.29 is 9.18 Å². The molecule has 0 unspecified atom stereocenters. The zero-order chi connectivity index (χ0) is 20.5. The average molecular weight is 383 g/mol. The highest BCUT2D eigenvalue weighted by molar-refractivity contribution is 5.95. The summed E-state index contributed by atoms with van der Waals surface area (Å²) < 4.78 is 14.8. The number of carbonyl (C=O) groups excluding carboxylic acids is 1. The van der Waals surface area contributed by atoms with Crippen LogP contribution in [0.2, 0.25) is 0 Å². The second kappa shape index (κ2) is 7.67. The number of nitrogens with one attached hydrogen (secondary N) is 1. The van der Waals surface area contributed by atoms with Crippen LogP contribution in [0.4, 0.5) is 4.39 Å². The Morgan fingerprint density at radius 3 is 2.54 bits per heavy atom. The fourth-order valence-corrected chi connectivity index (χ4v) is 3.43. The number of aromatic nitrogens is 3. The number of rotatable bonds is 6. The van der Waals surface area contributed by atoms with Crippen molar-refractivity contribution in [3.05, 3.63) is 53.7 Å². The van der Waals surface area contributed by atoms with Crippen LogP contribution < -0.4 is 5.32 Å². The smallest absolute Gasteiger partial charge is 0.254 e. The van der Waals surface area contributed by atoms with Gasteiger partial charge >= 0.3 is 0 Å². The fourth-order valence-electron chi connectivity index (χ4n) is 3.43. The number of amides is 1. The summed E-state index contributed by atoms with van der Waals surface area (Å²) in [5.74, 6) is -0.460. The van der Waals surface area contributed by atoms with Crippen molar-refractivity contribution in [3.63, 3.8) is 0 Å². The molecule has 0 radical (unpaired) electrons. The van der Waals surface area contributed by atoms with Crippen molar-refractivity contribution in [3.8, 4) is 11.1 Å². The van der Waals surface area contributed by atoms with Crippen LogP contribution in [0.1, 0.15) is 29.9 Å². The molecule has 3 aromatic rings. The molecule has 0 aliphatic rings. The summed E-state index contributed by atoms with van der Waals surface area (Å²) in [5, 5.41) is 7.39. The Morgan fingerprint density at radius 1 is 1.21 bits per heavy atom. The third kappa shape index (κ3) is 4.20. The van der Waals surface area contributed by atoms with E-state index < -0.39 is 0 Å². The highest BCUT2D eigenvalue weighted by Crippen LogP contribution is 2.25. The Kier molecular flexibility index (Phi) is 5.47. The van der Waals surface area contributed by atoms with Crippen molar-refractivity contribution in [2.75, 3.05) is 27.2 Å². The van der Waals surface area contributed by atoms with Gasteiger partial charge < -0.3 is 10.2 Å². The van der Waals surface area contributed by atoms with Crippen LogP contribution in [0.5, 0.6) is 0 Å². The number of fused-ring (bicyclic) bond motifs is 1. The molecule has 28 heavy (non-hydrogen) atoms. The number of benzene rings is 1. The van der Waals surface area contributed by atoms with Crippen LogP contribution in [0.25, 0.3) is 16.8 Å². The summed E-state index contributed by atoms with van der Waals surface area (Å²) in [6.07, 6.45) is 3.26. The molecule has 0 aliphatic carbocycles. The first kappa shape index (κ1) is 19.9. The maximum Gasteiger partial charge on any atom is 0.254 e. The number of hydrogen-bond donors (Lipinski definition) is 1. The predicted octanol–water partition coefficient (Wildman–Crippen LogP) is 3.16. The van der Waals surface area contributed by atoms with Gasteiger partial charge in [0.05, 0.1) is 17.5 Å². The summed E-state index contributed by atoms with van der Waals surface area (Å²) in [6, 6.07) is 6.19. The van der Waals surface area contributed by atoms with Crippen LogP contribution >= 0.6 is 0 Å². The summed E-state index contributed by atoms with van der Waals surface area (Å²) in [5.41, 5.74) is 3.40. The minimum Gasteiger partial charge on any atom is -0.351 e. The number of aryl methyl sites for hydroxylation is 1. The SMILES string of the molecule is Cc1c(C(=O)NCC(C)(C)CN(C)C)cnc2c(-c3ccc(F)cc3)cnn12. The third-order valence-corrected chi connectivity index (χ3v) is 4.64. The highest BCUT2D eigenvalue weighted by Gasteiger charge is 2.22. The lowest BCUT2D eigenvalue weighted by Gasteiger charge is -2.28. The molecule has 0 saturated heterocycles. The monoisotopic (exact) mass is 383 g/mol. The lowest BCUT2D eigenvalue weighted by molar-refractivity contribution is 0.0927. The maximum absolute atomic E-state index is 13.2. The summed E-state index contributed by atoms with van der Waals surface area (Å²) in [4.78, 5) is 19.3. The molecule has 0 fully saturated rings. The van der Waals surface area contributed by atoms with Gasteiger partial charge in [-0.3, -0.25) is 4.79 Å². The molecule has 6 nitrogen and oxygen atoms in total. The molecule has 1 N–H and O–H groups in total. The van der Waals surface area contributed by atoms with Crippen LogP contribution in [0, 0.1) is 18.2 Å². The van der Waals surface area contributed by atoms with E-state index in [1.807, 2.05) is 21.0 Å². The number of hydrogen-bond acceptors (Lipinski definition) is 4. The third-order valence-electron chi connectivity index (χ3n) is 4.64. The molecule has 2 heterocycles. The topological polar surface area (TPSA) is 62.5 Å². The minimum atomic E-state index is -0.291. The minimum absolute atomic E-state index is 0.0496. The Bertz CT molecular complexity index is 992. The van der Waals surface area contributed by atoms with Crippen molar-refractivity contribution in [2.24, 2.45) is 5.41 Å². The number of halogens is 1. The molecule has 1 amide bonds. The molecule has 1 aromatic carbocycles. The van der Waals surface area contributed by atoms with Crippen LogP contribution in [0.15, 0.2) is 36.7 Å². The first-order chi connectivity index (χ1) is 13.2. The van der Waals surface area contributed by atoms with Gasteiger partial charge in [-0.25, -0.2) is 13.9 Å². The summed E-state index contributed by atoms with van der Waals surface area (Å²) in [7, 11) is 4.03. The van der Waals surface area contributed by atoms with Gasteiger partial charge in [0, 0.05) is 24.8 Å². The second-order valence-corrected chi connectivity index (χ2v) is 8.14. The van der Waals surface area contributed by atoms with Gasteiger partial charge in [0.15, 0.2) is 5.65 Å². The Hall–Kier alpha value is -2.80. The normalized spacial score (nSPS) is 12.0. The maximum atomic E-state index is 13.2. The van der Waals surface area contributed by atoms with E-state index in [1.165, 1.54) is 12.1 Å². The van der Waals surface area contributed by atoms with E-state index in [1.54, 1.807) is 29.0 Å². The summed E-state index contributed by atoms with van der Waals surface area (Å²) in [6.45, 7) is 7.50. The lowest BCUT2D eigenvalue weighted by atomic mass is 9.93. The van der Waals surface area contributed by atoms with E-state index >= 15 is 0 Å². The molecule has 0 bridgehead atoms. The van der Waals surface area contributed by atoms with E-state index in [0.29, 0.717) is 23.4 Å². The molecule has 0 saturated carbocycles. The van der Waals surface area contributed by atoms with Gasteiger partial charge in [0.1, 0.15) is 5.82 Å². The zero-order valence-corrected chi connectivity index (χ0v) is 17.0. The van der Waals surface area contributed by atoms with Crippen molar-refractivity contribution in [1.29, 1.82) is 0 Å². The van der Waals surface area contributed by atoms with Crippen molar-refractivity contribution in [1.82, 2.24) is 24.8 Å². The Labute approximate surface area is 164 Å². The number of carbonyl (C=O) groups is 1. The standard InChI is InChI=1S/C21H26FN5O/c1-14-17(20(28)24-12-21(2,3)13-26(4)5)10-23-19-18(11-25-27(14)19)15-6-8-16(22)9-7-15/h6-11H,12-13H2,1-5H3,(H,24,28). The first-order valence-electron chi connectivity index (χ1n) is 9.20. The quantitative estimate of drug-likeness (QED) is 0.710. The molecule has 148 valence electrons. The lowest BCUT2D eigenvalue weighted by Crippen LogP contribution is -2.40. The molecule has 0 atom stereocenters. The van der Waals surface area contributed by atoms with Crippen LogP contribution in [0.3, 0.4) is 0 Å². The summed E-state index contributed by atoms with van der Waals surface area (Å²) >= 11 is 0. The average Bonchev–Trinajstić information content (AvgIpc) is 3.05. The molecular formula is C21H26FN5O. The van der Waals surface area contributed by atoms with Gasteiger partial charge in [-0.05, 0) is 44.1 Å². The molecule has 0 aliphatic heterocycles. The Morgan fingerprint density at radius 2 is 1.89 bits per heavy atom. The van der Waals surface area contributed by atoms with Crippen molar-refractivity contribution in [2.45, 2.75) is 20.8 Å².